The molecule has 0 amide bonds. The van der Waals surface area contributed by atoms with Crippen LogP contribution in [0.25, 0.3) is 11.3 Å². The van der Waals surface area contributed by atoms with Gasteiger partial charge in [0.1, 0.15) is 6.33 Å². The number of halogens is 3. The SMILES string of the molecule is CCC(COC)C(=N)c1cc(-c2ccc([SH]3C=CC=C3C(C)C)c(C(F)(F)F)c2)ncn1. The van der Waals surface area contributed by atoms with E-state index < -0.39 is 22.6 Å². The van der Waals surface area contributed by atoms with E-state index in [9.17, 15) is 13.2 Å². The van der Waals surface area contributed by atoms with E-state index in [4.69, 9.17) is 10.1 Å². The van der Waals surface area contributed by atoms with Gasteiger partial charge in [-0.05, 0) is 40.9 Å². The van der Waals surface area contributed by atoms with E-state index in [0.717, 1.165) is 4.91 Å². The number of rotatable bonds is 8. The fraction of sp³-hybridized carbons (Fsp3) is 0.375. The molecule has 1 aromatic heterocycles. The lowest BCUT2D eigenvalue weighted by molar-refractivity contribution is -0.139. The summed E-state index contributed by atoms with van der Waals surface area (Å²) < 4.78 is 47.3. The number of methoxy groups -OCH3 is 1. The normalized spacial score (nSPS) is 18.1. The molecule has 1 aliphatic heterocycles. The van der Waals surface area contributed by atoms with Crippen molar-refractivity contribution in [2.75, 3.05) is 13.7 Å². The number of alkyl halides is 3. The second-order valence-electron chi connectivity index (χ2n) is 7.95. The van der Waals surface area contributed by atoms with Gasteiger partial charge in [0.15, 0.2) is 0 Å². The van der Waals surface area contributed by atoms with Crippen molar-refractivity contribution in [1.82, 2.24) is 9.97 Å². The topological polar surface area (TPSA) is 58.9 Å². The molecule has 3 rings (SSSR count). The maximum absolute atomic E-state index is 14.1. The monoisotopic (exact) mass is 463 g/mol. The van der Waals surface area contributed by atoms with Gasteiger partial charge in [0.05, 0.1) is 29.3 Å². The summed E-state index contributed by atoms with van der Waals surface area (Å²) in [5, 5.41) is 10.3. The van der Waals surface area contributed by atoms with Crippen LogP contribution in [0.3, 0.4) is 0 Å². The van der Waals surface area contributed by atoms with Gasteiger partial charge in [0.25, 0.3) is 0 Å². The third-order valence-electron chi connectivity index (χ3n) is 5.44. The van der Waals surface area contributed by atoms with Crippen LogP contribution in [-0.4, -0.2) is 29.4 Å². The van der Waals surface area contributed by atoms with E-state index in [0.29, 0.717) is 34.9 Å². The van der Waals surface area contributed by atoms with Crippen LogP contribution in [-0.2, 0) is 10.9 Å². The fourth-order valence-corrected chi connectivity index (χ4v) is 6.05. The van der Waals surface area contributed by atoms with Crippen molar-refractivity contribution in [2.24, 2.45) is 11.8 Å². The molecule has 4 nitrogen and oxygen atoms in total. The average Bonchev–Trinajstić information content (AvgIpc) is 3.26. The first kappa shape index (κ1) is 24.2. The largest absolute Gasteiger partial charge is 0.417 e. The highest BCUT2D eigenvalue weighted by Crippen LogP contribution is 2.55. The van der Waals surface area contributed by atoms with Crippen molar-refractivity contribution in [3.05, 3.63) is 64.3 Å². The molecule has 172 valence electrons. The number of allylic oxidation sites excluding steroid dienone is 3. The second-order valence-corrected chi connectivity index (χ2v) is 9.99. The summed E-state index contributed by atoms with van der Waals surface area (Å²) in [6.45, 7) is 6.33. The number of ether oxygens (including phenoxy) is 1. The molecule has 2 aromatic rings. The van der Waals surface area contributed by atoms with Crippen molar-refractivity contribution in [2.45, 2.75) is 38.3 Å². The second kappa shape index (κ2) is 10.0. The van der Waals surface area contributed by atoms with E-state index in [1.807, 2.05) is 38.3 Å². The van der Waals surface area contributed by atoms with Crippen molar-refractivity contribution < 1.29 is 17.9 Å². The van der Waals surface area contributed by atoms with E-state index in [-0.39, 0.29) is 17.5 Å². The first-order chi connectivity index (χ1) is 15.2. The Kier molecular flexibility index (Phi) is 7.56. The third-order valence-corrected chi connectivity index (χ3v) is 8.04. The van der Waals surface area contributed by atoms with Crippen molar-refractivity contribution in [1.29, 1.82) is 5.41 Å². The van der Waals surface area contributed by atoms with E-state index >= 15 is 0 Å². The average molecular weight is 464 g/mol. The molecule has 0 radical (unpaired) electrons. The van der Waals surface area contributed by atoms with Crippen LogP contribution in [0.4, 0.5) is 13.2 Å². The third kappa shape index (κ3) is 5.13. The van der Waals surface area contributed by atoms with Gasteiger partial charge in [-0.2, -0.15) is 24.1 Å². The van der Waals surface area contributed by atoms with Gasteiger partial charge in [0, 0.05) is 23.5 Å². The molecule has 1 aliphatic rings. The molecule has 0 fully saturated rings. The predicted octanol–water partition coefficient (Wildman–Crippen LogP) is 6.63. The molecule has 0 spiro atoms. The number of thiol groups is 1. The van der Waals surface area contributed by atoms with Gasteiger partial charge in [-0.25, -0.2) is 9.97 Å². The van der Waals surface area contributed by atoms with Gasteiger partial charge in [0.2, 0.25) is 0 Å². The van der Waals surface area contributed by atoms with Gasteiger partial charge in [-0.15, -0.1) is 0 Å². The number of aromatic nitrogens is 2. The highest BCUT2D eigenvalue weighted by atomic mass is 32.2. The Labute approximate surface area is 189 Å². The minimum Gasteiger partial charge on any atom is -0.384 e. The standard InChI is InChI=1S/C24H28F3N3OS/c1-5-16(13-31-4)23(28)20-12-19(29-14-30-20)17-8-9-22(18(11-17)24(25,26)27)32-10-6-7-21(32)15(2)3/h6-12,14-16,28,32H,5,13H2,1-4H3. The zero-order chi connectivity index (χ0) is 23.5. The molecule has 1 N–H and O–H groups in total. The summed E-state index contributed by atoms with van der Waals surface area (Å²) in [5.74, 6) is 0.0278. The van der Waals surface area contributed by atoms with Crippen LogP contribution in [0.2, 0.25) is 0 Å². The summed E-state index contributed by atoms with van der Waals surface area (Å²) in [4.78, 5) is 9.69. The highest BCUT2D eigenvalue weighted by Gasteiger charge is 2.36. The van der Waals surface area contributed by atoms with E-state index in [2.05, 4.69) is 9.97 Å². The van der Waals surface area contributed by atoms with E-state index in [1.54, 1.807) is 25.3 Å². The minimum absolute atomic E-state index is 0.144. The first-order valence-corrected chi connectivity index (χ1v) is 11.9. The molecule has 0 aliphatic carbocycles. The molecular formula is C24H28F3N3OS. The van der Waals surface area contributed by atoms with Crippen LogP contribution in [0.1, 0.15) is 38.4 Å². The fourth-order valence-electron chi connectivity index (χ4n) is 3.69. The summed E-state index contributed by atoms with van der Waals surface area (Å²) in [5.41, 5.74) is 0.755. The van der Waals surface area contributed by atoms with Crippen LogP contribution in [0.15, 0.2) is 58.0 Å². The Balaban J connectivity index is 2.03. The Morgan fingerprint density at radius 2 is 1.94 bits per heavy atom. The molecule has 0 saturated carbocycles. The highest BCUT2D eigenvalue weighted by molar-refractivity contribution is 8.23. The van der Waals surface area contributed by atoms with Gasteiger partial charge in [-0.1, -0.05) is 39.0 Å². The van der Waals surface area contributed by atoms with Gasteiger partial charge in [-0.3, -0.25) is 0 Å². The van der Waals surface area contributed by atoms with Gasteiger partial charge >= 0.3 is 6.18 Å². The molecule has 2 atom stereocenters. The van der Waals surface area contributed by atoms with Crippen molar-refractivity contribution >= 4 is 16.6 Å². The molecular weight excluding hydrogens is 435 g/mol. The molecule has 2 unspecified atom stereocenters. The van der Waals surface area contributed by atoms with E-state index in [1.165, 1.54) is 12.4 Å². The summed E-state index contributed by atoms with van der Waals surface area (Å²) in [6, 6.07) is 6.00. The smallest absolute Gasteiger partial charge is 0.384 e. The molecule has 8 heteroatoms. The van der Waals surface area contributed by atoms with Crippen LogP contribution >= 0.6 is 10.9 Å². The summed E-state index contributed by atoms with van der Waals surface area (Å²) in [6.07, 6.45) is 1.28. The minimum atomic E-state index is -4.49. The Bertz CT molecular complexity index is 1050. The zero-order valence-electron chi connectivity index (χ0n) is 18.6. The number of benzene rings is 1. The molecule has 0 bridgehead atoms. The maximum atomic E-state index is 14.1. The zero-order valence-corrected chi connectivity index (χ0v) is 19.5. The van der Waals surface area contributed by atoms with Crippen molar-refractivity contribution in [3.8, 4) is 11.3 Å². The number of nitrogens with one attached hydrogen (secondary N) is 1. The van der Waals surface area contributed by atoms with Gasteiger partial charge < -0.3 is 10.1 Å². The number of hydrogen-bond donors (Lipinski definition) is 2. The lowest BCUT2D eigenvalue weighted by atomic mass is 9.97. The molecule has 2 heterocycles. The van der Waals surface area contributed by atoms with Crippen LogP contribution in [0.5, 0.6) is 0 Å². The molecule has 32 heavy (non-hydrogen) atoms. The lowest BCUT2D eigenvalue weighted by Gasteiger charge is -2.25. The maximum Gasteiger partial charge on any atom is 0.417 e. The quantitative estimate of drug-likeness (QED) is 0.341. The predicted molar refractivity (Wildman–Crippen MR) is 124 cm³/mol. The number of hydrogen-bond acceptors (Lipinski definition) is 4. The van der Waals surface area contributed by atoms with Crippen LogP contribution in [0, 0.1) is 17.2 Å². The Morgan fingerprint density at radius 1 is 1.19 bits per heavy atom. The van der Waals surface area contributed by atoms with Crippen molar-refractivity contribution in [3.63, 3.8) is 0 Å². The number of nitrogens with zero attached hydrogens (tertiary/aromatic N) is 2. The summed E-state index contributed by atoms with van der Waals surface area (Å²) >= 11 is 0. The van der Waals surface area contributed by atoms with Crippen LogP contribution < -0.4 is 0 Å². The first-order valence-electron chi connectivity index (χ1n) is 10.5. The lowest BCUT2D eigenvalue weighted by Crippen LogP contribution is -2.20. The Hall–Kier alpha value is -2.45. The molecule has 1 aromatic carbocycles. The Morgan fingerprint density at radius 3 is 2.56 bits per heavy atom. The summed E-state index contributed by atoms with van der Waals surface area (Å²) in [7, 11) is 0.411. The molecule has 0 saturated heterocycles.